The third kappa shape index (κ3) is 3.65. The van der Waals surface area contributed by atoms with Gasteiger partial charge in [0.2, 0.25) is 0 Å². The molecule has 1 aromatic rings. The summed E-state index contributed by atoms with van der Waals surface area (Å²) in [5, 5.41) is 9.83. The Morgan fingerprint density at radius 1 is 1.19 bits per heavy atom. The number of aliphatic hydroxyl groups excluding tert-OH is 1. The van der Waals surface area contributed by atoms with Crippen LogP contribution in [-0.2, 0) is 4.79 Å². The third-order valence-electron chi connectivity index (χ3n) is 2.53. The smallest absolute Gasteiger partial charge is 0.199 e. The SMILES string of the molecule is CC(C)C(O)C(C)C(=O)Sc1ccccc1. The minimum atomic E-state index is -0.566. The van der Waals surface area contributed by atoms with Crippen molar-refractivity contribution in [2.75, 3.05) is 0 Å². The summed E-state index contributed by atoms with van der Waals surface area (Å²) >= 11 is 1.20. The summed E-state index contributed by atoms with van der Waals surface area (Å²) in [6.07, 6.45) is -0.566. The van der Waals surface area contributed by atoms with Crippen LogP contribution in [0.1, 0.15) is 20.8 Å². The molecular weight excluding hydrogens is 220 g/mol. The standard InChI is InChI=1S/C13H18O2S/c1-9(2)12(14)10(3)13(15)16-11-7-5-4-6-8-11/h4-10,12,14H,1-3H3. The van der Waals surface area contributed by atoms with Crippen molar-refractivity contribution in [3.8, 4) is 0 Å². The van der Waals surface area contributed by atoms with Crippen molar-refractivity contribution in [3.63, 3.8) is 0 Å². The van der Waals surface area contributed by atoms with E-state index in [-0.39, 0.29) is 17.0 Å². The van der Waals surface area contributed by atoms with E-state index in [4.69, 9.17) is 0 Å². The predicted octanol–water partition coefficient (Wildman–Crippen LogP) is 2.96. The first-order chi connectivity index (χ1) is 7.52. The van der Waals surface area contributed by atoms with Gasteiger partial charge >= 0.3 is 0 Å². The van der Waals surface area contributed by atoms with Crippen LogP contribution in [0.5, 0.6) is 0 Å². The molecule has 0 spiro atoms. The second kappa shape index (κ2) is 6.06. The zero-order valence-corrected chi connectivity index (χ0v) is 10.7. The molecule has 0 aliphatic heterocycles. The van der Waals surface area contributed by atoms with Gasteiger partial charge < -0.3 is 5.11 Å². The first kappa shape index (κ1) is 13.3. The van der Waals surface area contributed by atoms with Crippen LogP contribution in [0, 0.1) is 11.8 Å². The Morgan fingerprint density at radius 2 is 1.75 bits per heavy atom. The fraction of sp³-hybridized carbons (Fsp3) is 0.462. The molecule has 0 aliphatic carbocycles. The van der Waals surface area contributed by atoms with Crippen molar-refractivity contribution in [3.05, 3.63) is 30.3 Å². The van der Waals surface area contributed by atoms with E-state index in [9.17, 15) is 9.90 Å². The molecule has 1 N–H and O–H groups in total. The lowest BCUT2D eigenvalue weighted by Gasteiger charge is -2.20. The highest BCUT2D eigenvalue weighted by Gasteiger charge is 2.24. The summed E-state index contributed by atoms with van der Waals surface area (Å²) in [4.78, 5) is 12.8. The molecule has 0 saturated carbocycles. The fourth-order valence-electron chi connectivity index (χ4n) is 1.41. The van der Waals surface area contributed by atoms with Gasteiger partial charge in [-0.25, -0.2) is 0 Å². The molecule has 0 amide bonds. The van der Waals surface area contributed by atoms with E-state index in [2.05, 4.69) is 0 Å². The Labute approximate surface area is 101 Å². The van der Waals surface area contributed by atoms with Gasteiger partial charge in [-0.05, 0) is 18.1 Å². The Morgan fingerprint density at radius 3 is 2.25 bits per heavy atom. The summed E-state index contributed by atoms with van der Waals surface area (Å²) in [7, 11) is 0. The van der Waals surface area contributed by atoms with Crippen molar-refractivity contribution in [2.45, 2.75) is 31.8 Å². The van der Waals surface area contributed by atoms with Gasteiger partial charge in [0.05, 0.1) is 12.0 Å². The molecular formula is C13H18O2S. The minimum absolute atomic E-state index is 0.0207. The van der Waals surface area contributed by atoms with Crippen LogP contribution in [0.3, 0.4) is 0 Å². The molecule has 0 aliphatic rings. The van der Waals surface area contributed by atoms with Gasteiger partial charge in [-0.15, -0.1) is 0 Å². The molecule has 0 heterocycles. The number of aliphatic hydroxyl groups is 1. The zero-order chi connectivity index (χ0) is 12.1. The van der Waals surface area contributed by atoms with Crippen molar-refractivity contribution < 1.29 is 9.90 Å². The van der Waals surface area contributed by atoms with Gasteiger partial charge in [0.25, 0.3) is 0 Å². The zero-order valence-electron chi connectivity index (χ0n) is 9.88. The highest BCUT2D eigenvalue weighted by molar-refractivity contribution is 8.13. The number of carbonyl (C=O) groups excluding carboxylic acids is 1. The van der Waals surface area contributed by atoms with Gasteiger partial charge in [0.15, 0.2) is 5.12 Å². The van der Waals surface area contributed by atoms with E-state index in [1.165, 1.54) is 11.8 Å². The normalized spacial score (nSPS) is 14.8. The maximum absolute atomic E-state index is 11.9. The van der Waals surface area contributed by atoms with Crippen molar-refractivity contribution in [1.29, 1.82) is 0 Å². The quantitative estimate of drug-likeness (QED) is 0.819. The molecule has 3 heteroatoms. The largest absolute Gasteiger partial charge is 0.392 e. The van der Waals surface area contributed by atoms with Crippen molar-refractivity contribution in [2.24, 2.45) is 11.8 Å². The summed E-state index contributed by atoms with van der Waals surface area (Å²) in [6, 6.07) is 9.52. The molecule has 16 heavy (non-hydrogen) atoms. The van der Waals surface area contributed by atoms with Crippen LogP contribution in [0.4, 0.5) is 0 Å². The summed E-state index contributed by atoms with van der Waals surface area (Å²) < 4.78 is 0. The molecule has 2 nitrogen and oxygen atoms in total. The van der Waals surface area contributed by atoms with E-state index in [0.717, 1.165) is 4.90 Å². The van der Waals surface area contributed by atoms with E-state index >= 15 is 0 Å². The lowest BCUT2D eigenvalue weighted by molar-refractivity contribution is -0.117. The first-order valence-electron chi connectivity index (χ1n) is 5.47. The molecule has 0 saturated heterocycles. The number of hydrogen-bond donors (Lipinski definition) is 1. The molecule has 88 valence electrons. The molecule has 0 bridgehead atoms. The average Bonchev–Trinajstić information content (AvgIpc) is 2.28. The van der Waals surface area contributed by atoms with E-state index in [1.54, 1.807) is 6.92 Å². The van der Waals surface area contributed by atoms with E-state index in [0.29, 0.717) is 0 Å². The van der Waals surface area contributed by atoms with Crippen molar-refractivity contribution >= 4 is 16.9 Å². The molecule has 1 rings (SSSR count). The summed E-state index contributed by atoms with van der Waals surface area (Å²) in [5.41, 5.74) is 0. The van der Waals surface area contributed by atoms with Crippen molar-refractivity contribution in [1.82, 2.24) is 0 Å². The minimum Gasteiger partial charge on any atom is -0.392 e. The van der Waals surface area contributed by atoms with Gasteiger partial charge in [-0.2, -0.15) is 0 Å². The second-order valence-electron chi connectivity index (χ2n) is 4.26. The van der Waals surface area contributed by atoms with Crippen LogP contribution >= 0.6 is 11.8 Å². The maximum Gasteiger partial charge on any atom is 0.199 e. The number of benzene rings is 1. The van der Waals surface area contributed by atoms with Crippen LogP contribution in [0.2, 0.25) is 0 Å². The topological polar surface area (TPSA) is 37.3 Å². The summed E-state index contributed by atoms with van der Waals surface area (Å²) in [5.74, 6) is -0.222. The Balaban J connectivity index is 2.59. The molecule has 0 aromatic heterocycles. The van der Waals surface area contributed by atoms with Crippen LogP contribution in [0.15, 0.2) is 35.2 Å². The number of hydrogen-bond acceptors (Lipinski definition) is 3. The van der Waals surface area contributed by atoms with Gasteiger partial charge in [0.1, 0.15) is 0 Å². The number of rotatable bonds is 4. The third-order valence-corrected chi connectivity index (χ3v) is 3.61. The van der Waals surface area contributed by atoms with E-state index in [1.807, 2.05) is 44.2 Å². The lowest BCUT2D eigenvalue weighted by Crippen LogP contribution is -2.28. The highest BCUT2D eigenvalue weighted by atomic mass is 32.2. The van der Waals surface area contributed by atoms with Gasteiger partial charge in [-0.3, -0.25) is 4.79 Å². The lowest BCUT2D eigenvalue weighted by atomic mass is 9.96. The monoisotopic (exact) mass is 238 g/mol. The Kier molecular flexibility index (Phi) is 5.03. The fourth-order valence-corrected chi connectivity index (χ4v) is 2.27. The average molecular weight is 238 g/mol. The second-order valence-corrected chi connectivity index (χ2v) is 5.34. The molecule has 1 aromatic carbocycles. The van der Waals surface area contributed by atoms with Gasteiger partial charge in [0, 0.05) is 4.90 Å². The van der Waals surface area contributed by atoms with Crippen LogP contribution in [-0.4, -0.2) is 16.3 Å². The molecule has 0 radical (unpaired) electrons. The molecule has 2 unspecified atom stereocenters. The highest BCUT2D eigenvalue weighted by Crippen LogP contribution is 2.25. The number of carbonyl (C=O) groups is 1. The van der Waals surface area contributed by atoms with Crippen LogP contribution in [0.25, 0.3) is 0 Å². The maximum atomic E-state index is 11.9. The van der Waals surface area contributed by atoms with E-state index < -0.39 is 6.10 Å². The van der Waals surface area contributed by atoms with Gasteiger partial charge in [-0.1, -0.05) is 50.7 Å². The predicted molar refractivity (Wildman–Crippen MR) is 67.3 cm³/mol. The van der Waals surface area contributed by atoms with Crippen LogP contribution < -0.4 is 0 Å². The number of thioether (sulfide) groups is 1. The molecule has 0 fully saturated rings. The molecule has 2 atom stereocenters. The first-order valence-corrected chi connectivity index (χ1v) is 6.29. The summed E-state index contributed by atoms with van der Waals surface area (Å²) in [6.45, 7) is 5.62. The Bertz CT molecular complexity index is 335. The Hall–Kier alpha value is -0.800.